The number of aryl methyl sites for hydroxylation is 1. The molecule has 1 rings (SSSR count). The minimum absolute atomic E-state index is 1.08. The molecule has 0 saturated carbocycles. The van der Waals surface area contributed by atoms with E-state index < -0.39 is 0 Å². The van der Waals surface area contributed by atoms with Gasteiger partial charge in [-0.1, -0.05) is 13.3 Å². The molecule has 0 unspecified atom stereocenters. The highest BCUT2D eigenvalue weighted by molar-refractivity contribution is 5.03. The van der Waals surface area contributed by atoms with Gasteiger partial charge in [-0.15, -0.1) is 5.10 Å². The summed E-state index contributed by atoms with van der Waals surface area (Å²) in [6.45, 7) is 2.18. The van der Waals surface area contributed by atoms with Crippen LogP contribution in [0.3, 0.4) is 0 Å². The molecule has 0 saturated heterocycles. The third-order valence-electron chi connectivity index (χ3n) is 1.39. The zero-order valence-corrected chi connectivity index (χ0v) is 6.17. The fourth-order valence-electron chi connectivity index (χ4n) is 0.793. The van der Waals surface area contributed by atoms with Crippen molar-refractivity contribution in [3.05, 3.63) is 24.0 Å². The van der Waals surface area contributed by atoms with Crippen molar-refractivity contribution in [2.45, 2.75) is 26.2 Å². The third-order valence-corrected chi connectivity index (χ3v) is 1.39. The third kappa shape index (κ3) is 2.13. The van der Waals surface area contributed by atoms with E-state index in [4.69, 9.17) is 0 Å². The first-order chi connectivity index (χ1) is 4.93. The predicted molar refractivity (Wildman–Crippen MR) is 39.5 cm³/mol. The first kappa shape index (κ1) is 7.19. The van der Waals surface area contributed by atoms with Crippen molar-refractivity contribution < 1.29 is 0 Å². The average molecular weight is 135 g/mol. The molecule has 0 aliphatic carbocycles. The highest BCUT2D eigenvalue weighted by atomic mass is 15.1. The molecular formula is C8H11N2. The van der Waals surface area contributed by atoms with Crippen molar-refractivity contribution in [2.24, 2.45) is 0 Å². The molecule has 10 heavy (non-hydrogen) atoms. The predicted octanol–water partition coefficient (Wildman–Crippen LogP) is 1.62. The maximum Gasteiger partial charge on any atom is 0.117 e. The van der Waals surface area contributed by atoms with E-state index in [9.17, 15) is 0 Å². The lowest BCUT2D eigenvalue weighted by Gasteiger charge is -1.94. The van der Waals surface area contributed by atoms with E-state index >= 15 is 0 Å². The summed E-state index contributed by atoms with van der Waals surface area (Å²) in [5.41, 5.74) is 1.16. The van der Waals surface area contributed by atoms with Crippen LogP contribution in [-0.4, -0.2) is 10.2 Å². The normalized spacial score (nSPS) is 9.70. The number of hydrogen-bond acceptors (Lipinski definition) is 2. The largest absolute Gasteiger partial charge is 0.158 e. The van der Waals surface area contributed by atoms with Crippen LogP contribution in [0.1, 0.15) is 25.3 Å². The molecule has 0 spiro atoms. The molecule has 2 heteroatoms. The Morgan fingerprint density at radius 2 is 2.50 bits per heavy atom. The van der Waals surface area contributed by atoms with Crippen LogP contribution in [0.2, 0.25) is 0 Å². The zero-order valence-electron chi connectivity index (χ0n) is 6.17. The molecule has 53 valence electrons. The Bertz CT molecular complexity index is 172. The topological polar surface area (TPSA) is 25.8 Å². The summed E-state index contributed by atoms with van der Waals surface area (Å²) in [4.78, 5) is 0. The van der Waals surface area contributed by atoms with Gasteiger partial charge in [0.15, 0.2) is 0 Å². The molecule has 0 fully saturated rings. The number of aromatic nitrogens is 2. The summed E-state index contributed by atoms with van der Waals surface area (Å²) in [5, 5.41) is 7.31. The molecule has 1 aromatic heterocycles. The molecule has 0 aromatic carbocycles. The van der Waals surface area contributed by atoms with Crippen molar-refractivity contribution in [1.29, 1.82) is 0 Å². The number of hydrogen-bond donors (Lipinski definition) is 0. The summed E-state index contributed by atoms with van der Waals surface area (Å²) in [6, 6.07) is 1.96. The van der Waals surface area contributed by atoms with Crippen LogP contribution in [0.4, 0.5) is 0 Å². The second kappa shape index (κ2) is 3.99. The van der Waals surface area contributed by atoms with Crippen LogP contribution in [0, 0.1) is 6.20 Å². The number of nitrogens with zero attached hydrogens (tertiary/aromatic N) is 2. The first-order valence-electron chi connectivity index (χ1n) is 3.61. The van der Waals surface area contributed by atoms with Gasteiger partial charge in [0.05, 0.1) is 0 Å². The molecule has 1 aromatic rings. The molecule has 1 heterocycles. The van der Waals surface area contributed by atoms with Crippen molar-refractivity contribution in [3.63, 3.8) is 0 Å². The molecule has 0 amide bonds. The van der Waals surface area contributed by atoms with Crippen LogP contribution in [0.25, 0.3) is 0 Å². The fourth-order valence-corrected chi connectivity index (χ4v) is 0.793. The Labute approximate surface area is 61.3 Å². The second-order valence-electron chi connectivity index (χ2n) is 2.27. The molecular weight excluding hydrogens is 124 g/mol. The summed E-state index contributed by atoms with van der Waals surface area (Å²) in [5.74, 6) is 0. The summed E-state index contributed by atoms with van der Waals surface area (Å²) < 4.78 is 0. The lowest BCUT2D eigenvalue weighted by atomic mass is 10.1. The molecule has 0 aliphatic heterocycles. The molecule has 0 atom stereocenters. The van der Waals surface area contributed by atoms with Crippen molar-refractivity contribution in [3.8, 4) is 0 Å². The standard InChI is InChI=1S/C8H11N2/c1-2-3-4-8-5-6-9-10-7-8/h5-6H,2-4H2,1H3. The summed E-state index contributed by atoms with van der Waals surface area (Å²) >= 11 is 0. The zero-order chi connectivity index (χ0) is 7.23. The molecule has 0 bridgehead atoms. The number of unbranched alkanes of at least 4 members (excludes halogenated alkanes) is 1. The second-order valence-corrected chi connectivity index (χ2v) is 2.27. The van der Waals surface area contributed by atoms with E-state index in [1.165, 1.54) is 12.8 Å². The van der Waals surface area contributed by atoms with Gasteiger partial charge in [0.2, 0.25) is 0 Å². The molecule has 0 N–H and O–H groups in total. The Morgan fingerprint density at radius 1 is 1.60 bits per heavy atom. The van der Waals surface area contributed by atoms with E-state index in [-0.39, 0.29) is 0 Å². The first-order valence-corrected chi connectivity index (χ1v) is 3.61. The van der Waals surface area contributed by atoms with Gasteiger partial charge in [0, 0.05) is 6.20 Å². The van der Waals surface area contributed by atoms with E-state index in [0.29, 0.717) is 0 Å². The van der Waals surface area contributed by atoms with Crippen LogP contribution in [0.15, 0.2) is 12.3 Å². The molecule has 1 radical (unpaired) electrons. The van der Waals surface area contributed by atoms with Crippen molar-refractivity contribution >= 4 is 0 Å². The van der Waals surface area contributed by atoms with E-state index in [0.717, 1.165) is 12.0 Å². The highest BCUT2D eigenvalue weighted by Crippen LogP contribution is 1.99. The number of rotatable bonds is 3. The van der Waals surface area contributed by atoms with Gasteiger partial charge in [-0.25, -0.2) is 0 Å². The van der Waals surface area contributed by atoms with E-state index in [2.05, 4.69) is 23.3 Å². The monoisotopic (exact) mass is 135 g/mol. The van der Waals surface area contributed by atoms with Gasteiger partial charge in [0.1, 0.15) is 6.20 Å². The smallest absolute Gasteiger partial charge is 0.117 e. The Hall–Kier alpha value is -0.920. The fraction of sp³-hybridized carbons (Fsp3) is 0.500. The maximum atomic E-state index is 3.66. The van der Waals surface area contributed by atoms with Gasteiger partial charge in [-0.2, -0.15) is 5.10 Å². The van der Waals surface area contributed by atoms with Gasteiger partial charge >= 0.3 is 0 Å². The van der Waals surface area contributed by atoms with Crippen LogP contribution >= 0.6 is 0 Å². The van der Waals surface area contributed by atoms with Crippen LogP contribution < -0.4 is 0 Å². The molecule has 0 aliphatic rings. The van der Waals surface area contributed by atoms with Gasteiger partial charge in [-0.05, 0) is 24.5 Å². The SMILES string of the molecule is CCCCc1[c]nncc1. The van der Waals surface area contributed by atoms with Gasteiger partial charge in [0.25, 0.3) is 0 Å². The molecule has 2 nitrogen and oxygen atoms in total. The minimum atomic E-state index is 1.08. The van der Waals surface area contributed by atoms with Gasteiger partial charge in [-0.3, -0.25) is 0 Å². The van der Waals surface area contributed by atoms with Crippen LogP contribution in [-0.2, 0) is 6.42 Å². The quantitative estimate of drug-likeness (QED) is 0.629. The van der Waals surface area contributed by atoms with Crippen LogP contribution in [0.5, 0.6) is 0 Å². The Morgan fingerprint density at radius 3 is 3.10 bits per heavy atom. The summed E-state index contributed by atoms with van der Waals surface area (Å²) in [7, 11) is 0. The van der Waals surface area contributed by atoms with Crippen molar-refractivity contribution in [1.82, 2.24) is 10.2 Å². The van der Waals surface area contributed by atoms with Crippen molar-refractivity contribution in [2.75, 3.05) is 0 Å². The lowest BCUT2D eigenvalue weighted by molar-refractivity contribution is 0.785. The minimum Gasteiger partial charge on any atom is -0.158 e. The maximum absolute atomic E-state index is 3.66. The Kier molecular flexibility index (Phi) is 2.87. The lowest BCUT2D eigenvalue weighted by Crippen LogP contribution is -1.87. The van der Waals surface area contributed by atoms with Gasteiger partial charge < -0.3 is 0 Å². The summed E-state index contributed by atoms with van der Waals surface area (Å²) in [6.07, 6.45) is 8.06. The average Bonchev–Trinajstić information content (AvgIpc) is 2.03. The highest BCUT2D eigenvalue weighted by Gasteiger charge is 1.89. The Balaban J connectivity index is 2.43. The van der Waals surface area contributed by atoms with E-state index in [1.807, 2.05) is 6.07 Å². The van der Waals surface area contributed by atoms with E-state index in [1.54, 1.807) is 6.20 Å².